The van der Waals surface area contributed by atoms with Crippen LogP contribution in [0.2, 0.25) is 5.02 Å². The van der Waals surface area contributed by atoms with Crippen molar-refractivity contribution in [2.24, 2.45) is 5.92 Å². The molecule has 0 saturated heterocycles. The molecule has 16 heavy (non-hydrogen) atoms. The van der Waals surface area contributed by atoms with Crippen LogP contribution in [0.15, 0.2) is 24.3 Å². The number of hydrogen-bond donors (Lipinski definition) is 1. The van der Waals surface area contributed by atoms with Gasteiger partial charge in [0, 0.05) is 11.6 Å². The third kappa shape index (κ3) is 3.92. The summed E-state index contributed by atoms with van der Waals surface area (Å²) in [5, 5.41) is 11.8. The Morgan fingerprint density at radius 1 is 1.56 bits per heavy atom. The lowest BCUT2D eigenvalue weighted by Crippen LogP contribution is -2.29. The maximum absolute atomic E-state index is 11.5. The van der Waals surface area contributed by atoms with Crippen LogP contribution in [0.25, 0.3) is 0 Å². The van der Waals surface area contributed by atoms with E-state index >= 15 is 0 Å². The number of nitrogens with zero attached hydrogens (tertiary/aromatic N) is 1. The fourth-order valence-corrected chi connectivity index (χ4v) is 1.39. The van der Waals surface area contributed by atoms with Gasteiger partial charge in [-0.15, -0.1) is 0 Å². The second-order valence-electron chi connectivity index (χ2n) is 3.60. The Morgan fingerprint density at radius 2 is 2.25 bits per heavy atom. The summed E-state index contributed by atoms with van der Waals surface area (Å²) in [4.78, 5) is 11.5. The van der Waals surface area contributed by atoms with E-state index in [4.69, 9.17) is 16.9 Å². The van der Waals surface area contributed by atoms with Crippen LogP contribution in [0.1, 0.15) is 12.5 Å². The van der Waals surface area contributed by atoms with Gasteiger partial charge < -0.3 is 5.32 Å². The minimum atomic E-state index is -0.171. The van der Waals surface area contributed by atoms with E-state index in [9.17, 15) is 4.79 Å². The zero-order valence-electron chi connectivity index (χ0n) is 9.03. The molecule has 1 N–H and O–H groups in total. The van der Waals surface area contributed by atoms with Crippen LogP contribution in [0.4, 0.5) is 0 Å². The first-order valence-corrected chi connectivity index (χ1v) is 5.41. The van der Waals surface area contributed by atoms with Crippen LogP contribution < -0.4 is 5.32 Å². The monoisotopic (exact) mass is 236 g/mol. The highest BCUT2D eigenvalue weighted by Crippen LogP contribution is 2.15. The molecular formula is C12H13ClN2O. The number of benzene rings is 1. The molecule has 0 aliphatic carbocycles. The average molecular weight is 237 g/mol. The zero-order valence-corrected chi connectivity index (χ0v) is 9.79. The second kappa shape index (κ2) is 6.14. The van der Waals surface area contributed by atoms with Crippen molar-refractivity contribution in [1.29, 1.82) is 5.26 Å². The molecule has 0 saturated carbocycles. The summed E-state index contributed by atoms with van der Waals surface area (Å²) in [5.41, 5.74) is 0.797. The third-order valence-electron chi connectivity index (χ3n) is 2.13. The van der Waals surface area contributed by atoms with Crippen LogP contribution >= 0.6 is 11.6 Å². The molecule has 0 radical (unpaired) electrons. The van der Waals surface area contributed by atoms with Crippen molar-refractivity contribution in [3.63, 3.8) is 0 Å². The Bertz CT molecular complexity index is 412. The van der Waals surface area contributed by atoms with Crippen molar-refractivity contribution in [3.8, 4) is 6.07 Å². The van der Waals surface area contributed by atoms with Gasteiger partial charge >= 0.3 is 0 Å². The van der Waals surface area contributed by atoms with Crippen LogP contribution in [0, 0.1) is 17.2 Å². The molecule has 1 rings (SSSR count). The number of rotatable bonds is 4. The van der Waals surface area contributed by atoms with E-state index in [-0.39, 0.29) is 18.2 Å². The molecule has 0 fully saturated rings. The molecule has 0 aliphatic rings. The first-order valence-electron chi connectivity index (χ1n) is 5.03. The Morgan fingerprint density at radius 3 is 2.88 bits per heavy atom. The largest absolute Gasteiger partial charge is 0.355 e. The first kappa shape index (κ1) is 12.5. The predicted molar refractivity (Wildman–Crippen MR) is 62.9 cm³/mol. The molecule has 0 heterocycles. The minimum Gasteiger partial charge on any atom is -0.355 e. The molecule has 0 bridgehead atoms. The Labute approximate surface area is 100 Å². The molecule has 0 spiro atoms. The number of amides is 1. The van der Waals surface area contributed by atoms with E-state index in [2.05, 4.69) is 11.4 Å². The van der Waals surface area contributed by atoms with E-state index in [1.54, 1.807) is 13.0 Å². The first-order chi connectivity index (χ1) is 7.63. The average Bonchev–Trinajstić information content (AvgIpc) is 2.29. The summed E-state index contributed by atoms with van der Waals surface area (Å²) in [7, 11) is 0. The minimum absolute atomic E-state index is 0.116. The van der Waals surface area contributed by atoms with Gasteiger partial charge in [0.05, 0.1) is 18.4 Å². The van der Waals surface area contributed by atoms with Gasteiger partial charge in [-0.2, -0.15) is 5.26 Å². The van der Waals surface area contributed by atoms with Gasteiger partial charge in [0.25, 0.3) is 0 Å². The van der Waals surface area contributed by atoms with Crippen molar-refractivity contribution in [1.82, 2.24) is 5.32 Å². The lowest BCUT2D eigenvalue weighted by Gasteiger charge is -2.07. The zero-order chi connectivity index (χ0) is 12.0. The summed E-state index contributed by atoms with van der Waals surface area (Å²) in [6.45, 7) is 2.13. The fourth-order valence-electron chi connectivity index (χ4n) is 1.19. The highest BCUT2D eigenvalue weighted by molar-refractivity contribution is 6.31. The van der Waals surface area contributed by atoms with E-state index in [0.29, 0.717) is 11.6 Å². The highest BCUT2D eigenvalue weighted by Gasteiger charge is 2.07. The molecular weight excluding hydrogens is 224 g/mol. The summed E-state index contributed by atoms with van der Waals surface area (Å²) < 4.78 is 0. The summed E-state index contributed by atoms with van der Waals surface area (Å²) >= 11 is 5.93. The van der Waals surface area contributed by atoms with Gasteiger partial charge in [0.15, 0.2) is 0 Å². The van der Waals surface area contributed by atoms with E-state index in [1.165, 1.54) is 0 Å². The lowest BCUT2D eigenvalue weighted by atomic mass is 10.1. The summed E-state index contributed by atoms with van der Waals surface area (Å²) in [6.07, 6.45) is 0.248. The molecule has 0 aromatic heterocycles. The Hall–Kier alpha value is -1.53. The molecule has 1 aromatic rings. The number of nitrogens with one attached hydrogen (secondary N) is 1. The molecule has 1 aromatic carbocycles. The number of carbonyl (C=O) groups is 1. The molecule has 3 nitrogen and oxygen atoms in total. The van der Waals surface area contributed by atoms with Crippen LogP contribution in [-0.4, -0.2) is 12.5 Å². The molecule has 84 valence electrons. The fraction of sp³-hybridized carbons (Fsp3) is 0.333. The van der Waals surface area contributed by atoms with Crippen LogP contribution in [0.5, 0.6) is 0 Å². The van der Waals surface area contributed by atoms with Crippen LogP contribution in [0.3, 0.4) is 0 Å². The van der Waals surface area contributed by atoms with Gasteiger partial charge in [-0.1, -0.05) is 29.8 Å². The number of carbonyl (C=O) groups excluding carboxylic acids is 1. The maximum atomic E-state index is 11.5. The number of hydrogen-bond acceptors (Lipinski definition) is 2. The van der Waals surface area contributed by atoms with Crippen molar-refractivity contribution in [2.45, 2.75) is 13.3 Å². The molecule has 1 atom stereocenters. The molecule has 1 unspecified atom stereocenters. The number of halogens is 1. The van der Waals surface area contributed by atoms with Crippen molar-refractivity contribution in [2.75, 3.05) is 6.54 Å². The topological polar surface area (TPSA) is 52.9 Å². The SMILES string of the molecule is CC(C#N)CNC(=O)Cc1ccccc1Cl. The van der Waals surface area contributed by atoms with Gasteiger partial charge in [0.1, 0.15) is 0 Å². The highest BCUT2D eigenvalue weighted by atomic mass is 35.5. The van der Waals surface area contributed by atoms with Gasteiger partial charge in [-0.05, 0) is 18.6 Å². The maximum Gasteiger partial charge on any atom is 0.224 e. The molecule has 4 heteroatoms. The normalized spacial score (nSPS) is 11.6. The van der Waals surface area contributed by atoms with Gasteiger partial charge in [0.2, 0.25) is 5.91 Å². The lowest BCUT2D eigenvalue weighted by molar-refractivity contribution is -0.120. The van der Waals surface area contributed by atoms with E-state index in [1.807, 2.05) is 18.2 Å². The second-order valence-corrected chi connectivity index (χ2v) is 4.01. The van der Waals surface area contributed by atoms with Crippen LogP contribution in [-0.2, 0) is 11.2 Å². The third-order valence-corrected chi connectivity index (χ3v) is 2.50. The van der Waals surface area contributed by atoms with Gasteiger partial charge in [-0.3, -0.25) is 4.79 Å². The van der Waals surface area contributed by atoms with Crippen molar-refractivity contribution < 1.29 is 4.79 Å². The standard InChI is InChI=1S/C12H13ClN2O/c1-9(7-14)8-15-12(16)6-10-4-2-3-5-11(10)13/h2-5,9H,6,8H2,1H3,(H,15,16). The van der Waals surface area contributed by atoms with E-state index < -0.39 is 0 Å². The predicted octanol–water partition coefficient (Wildman–Crippen LogP) is 2.16. The van der Waals surface area contributed by atoms with Crippen molar-refractivity contribution in [3.05, 3.63) is 34.9 Å². The smallest absolute Gasteiger partial charge is 0.224 e. The number of nitriles is 1. The molecule has 1 amide bonds. The van der Waals surface area contributed by atoms with E-state index in [0.717, 1.165) is 5.56 Å². The summed E-state index contributed by atoms with van der Waals surface area (Å²) in [5.74, 6) is -0.287. The summed E-state index contributed by atoms with van der Waals surface area (Å²) in [6, 6.07) is 9.28. The quantitative estimate of drug-likeness (QED) is 0.871. The van der Waals surface area contributed by atoms with Gasteiger partial charge in [-0.25, -0.2) is 0 Å². The molecule has 0 aliphatic heterocycles. The van der Waals surface area contributed by atoms with Crippen molar-refractivity contribution >= 4 is 17.5 Å². The Balaban J connectivity index is 2.47. The Kier molecular flexibility index (Phi) is 4.81.